The zero-order valence-corrected chi connectivity index (χ0v) is 38.1. The number of hydrogen-bond donors (Lipinski definition) is 2. The summed E-state index contributed by atoms with van der Waals surface area (Å²) >= 11 is 0. The van der Waals surface area contributed by atoms with Gasteiger partial charge in [0.15, 0.2) is 36.2 Å². The lowest BCUT2D eigenvalue weighted by Gasteiger charge is -2.49. The van der Waals surface area contributed by atoms with E-state index in [2.05, 4.69) is 15.6 Å². The van der Waals surface area contributed by atoms with Crippen LogP contribution in [0.25, 0.3) is 0 Å². The number of esters is 7. The number of rotatable bonds is 20. The van der Waals surface area contributed by atoms with Gasteiger partial charge in [0.05, 0.1) is 25.9 Å². The van der Waals surface area contributed by atoms with Crippen LogP contribution >= 0.6 is 7.60 Å². The molecule has 0 spiro atoms. The maximum Gasteiger partial charge on any atom is 0.351 e. The van der Waals surface area contributed by atoms with Gasteiger partial charge < -0.3 is 62.3 Å². The lowest BCUT2D eigenvalue weighted by atomic mass is 9.81. The fourth-order valence-corrected chi connectivity index (χ4v) is 8.50. The molecule has 65 heavy (non-hydrogen) atoms. The molecule has 2 amide bonds. The van der Waals surface area contributed by atoms with Gasteiger partial charge in [-0.1, -0.05) is 0 Å². The van der Waals surface area contributed by atoms with Crippen LogP contribution in [0.1, 0.15) is 74.5 Å². The third-order valence-corrected chi connectivity index (χ3v) is 11.3. The highest BCUT2D eigenvalue weighted by molar-refractivity contribution is 7.53. The van der Waals surface area contributed by atoms with E-state index in [-0.39, 0.29) is 5.82 Å². The highest BCUT2D eigenvalue weighted by atomic mass is 31.2. The maximum atomic E-state index is 14.4. The van der Waals surface area contributed by atoms with Crippen molar-refractivity contribution in [3.05, 3.63) is 22.7 Å². The Morgan fingerprint density at radius 3 is 1.97 bits per heavy atom. The van der Waals surface area contributed by atoms with E-state index in [9.17, 15) is 52.5 Å². The summed E-state index contributed by atoms with van der Waals surface area (Å²) in [6.07, 6.45) is -13.7. The van der Waals surface area contributed by atoms with Gasteiger partial charge >= 0.3 is 55.1 Å². The molecule has 2 saturated heterocycles. The van der Waals surface area contributed by atoms with Gasteiger partial charge in [-0.2, -0.15) is 4.98 Å². The molecule has 2 aliphatic rings. The summed E-state index contributed by atoms with van der Waals surface area (Å²) in [5.41, 5.74) is -3.32. The monoisotopic (exact) mass is 948 g/mol. The van der Waals surface area contributed by atoms with Gasteiger partial charge in [-0.25, -0.2) is 9.59 Å². The lowest BCUT2D eigenvalue weighted by molar-refractivity contribution is -0.242. The lowest BCUT2D eigenvalue weighted by Crippen LogP contribution is -2.68. The predicted molar refractivity (Wildman–Crippen MR) is 213 cm³/mol. The molecule has 3 rings (SSSR count). The van der Waals surface area contributed by atoms with Crippen molar-refractivity contribution in [1.82, 2.24) is 14.9 Å². The average Bonchev–Trinajstić information content (AvgIpc) is 3.51. The number of amides is 2. The second-order valence-corrected chi connectivity index (χ2v) is 16.9. The molecule has 11 atom stereocenters. The molecule has 1 unspecified atom stereocenters. The van der Waals surface area contributed by atoms with Gasteiger partial charge in [0.2, 0.25) is 11.8 Å². The normalized spacial score (nSPS) is 25.5. The van der Waals surface area contributed by atoms with Gasteiger partial charge in [-0.3, -0.25) is 47.5 Å². The molecule has 0 aliphatic carbocycles. The third kappa shape index (κ3) is 15.1. The van der Waals surface area contributed by atoms with Gasteiger partial charge in [-0.05, 0) is 12.5 Å². The van der Waals surface area contributed by atoms with E-state index in [1.807, 2.05) is 0 Å². The number of methoxy groups -OCH3 is 1. The summed E-state index contributed by atoms with van der Waals surface area (Å²) in [6.45, 7) is 6.88. The van der Waals surface area contributed by atoms with Crippen molar-refractivity contribution in [2.45, 2.75) is 129 Å². The Kier molecular flexibility index (Phi) is 19.3. The molecule has 2 N–H and O–H groups in total. The quantitative estimate of drug-likeness (QED) is 0.0968. The predicted octanol–water partition coefficient (Wildman–Crippen LogP) is -0.228. The first kappa shape index (κ1) is 53.5. The molecule has 362 valence electrons. The zero-order chi connectivity index (χ0) is 49.0. The van der Waals surface area contributed by atoms with E-state index < -0.39 is 160 Å². The van der Waals surface area contributed by atoms with Crippen molar-refractivity contribution in [2.24, 2.45) is 0 Å². The Bertz CT molecular complexity index is 2080. The van der Waals surface area contributed by atoms with Crippen LogP contribution in [0, 0.1) is 0 Å². The van der Waals surface area contributed by atoms with Gasteiger partial charge in [0.1, 0.15) is 30.7 Å². The van der Waals surface area contributed by atoms with E-state index in [0.29, 0.717) is 0 Å². The van der Waals surface area contributed by atoms with Crippen molar-refractivity contribution in [3.63, 3.8) is 0 Å². The second kappa shape index (κ2) is 23.4. The van der Waals surface area contributed by atoms with Crippen molar-refractivity contribution in [1.29, 1.82) is 0 Å². The SMILES string of the molecule is COC(=O)[C@]1(CCP(=O)(OC)OC[C@H]2O[C@@H](n3ccc(NC(C)=O)nc3=O)[C@H](OC(C)=O)[C@@H]2OC(C)=O)C[C@H](OC(C)=O)[C@@H](NC(C)=O)[C@H]([C@H](OC(C)=O)[C@@H](COC(C)=O)OC(C)=O)O1. The van der Waals surface area contributed by atoms with Gasteiger partial charge in [0.25, 0.3) is 0 Å². The van der Waals surface area contributed by atoms with Crippen LogP contribution in [-0.2, 0) is 99.4 Å². The molecule has 27 heteroatoms. The number of nitrogens with zero attached hydrogens (tertiary/aromatic N) is 2. The van der Waals surface area contributed by atoms with Gasteiger partial charge in [0, 0.05) is 75.1 Å². The number of hydrogen-bond acceptors (Lipinski definition) is 23. The minimum absolute atomic E-state index is 0.117. The number of ether oxygens (including phenoxy) is 9. The Labute approximate surface area is 371 Å². The van der Waals surface area contributed by atoms with Crippen molar-refractivity contribution in [3.8, 4) is 0 Å². The molecule has 1 aromatic heterocycles. The van der Waals surface area contributed by atoms with Crippen LogP contribution in [-0.4, -0.2) is 151 Å². The van der Waals surface area contributed by atoms with Crippen LogP contribution in [0.3, 0.4) is 0 Å². The Hall–Kier alpha value is -5.82. The fraction of sp³-hybridized carbons (Fsp3) is 0.658. The Morgan fingerprint density at radius 2 is 1.46 bits per heavy atom. The van der Waals surface area contributed by atoms with E-state index in [1.54, 1.807) is 0 Å². The molecule has 0 aromatic carbocycles. The summed E-state index contributed by atoms with van der Waals surface area (Å²) in [5.74, 6) is -8.01. The first-order valence-electron chi connectivity index (χ1n) is 19.7. The highest BCUT2D eigenvalue weighted by Crippen LogP contribution is 2.51. The van der Waals surface area contributed by atoms with E-state index in [0.717, 1.165) is 73.4 Å². The average molecular weight is 949 g/mol. The summed E-state index contributed by atoms with van der Waals surface area (Å²) in [6, 6.07) is -0.232. The van der Waals surface area contributed by atoms with Crippen LogP contribution in [0.5, 0.6) is 0 Å². The first-order chi connectivity index (χ1) is 30.3. The van der Waals surface area contributed by atoms with E-state index in [1.165, 1.54) is 13.0 Å². The summed E-state index contributed by atoms with van der Waals surface area (Å²) in [7, 11) is -2.52. The summed E-state index contributed by atoms with van der Waals surface area (Å²) in [4.78, 5) is 129. The molecular formula is C38H53N4O22P. The minimum Gasteiger partial charge on any atom is -0.467 e. The number of carbonyl (C=O) groups excluding carboxylic acids is 9. The molecular weight excluding hydrogens is 895 g/mol. The van der Waals surface area contributed by atoms with Crippen LogP contribution in [0.4, 0.5) is 5.82 Å². The number of anilines is 1. The molecule has 2 aliphatic heterocycles. The molecule has 26 nitrogen and oxygen atoms in total. The maximum absolute atomic E-state index is 14.4. The second-order valence-electron chi connectivity index (χ2n) is 14.6. The van der Waals surface area contributed by atoms with Crippen LogP contribution in [0.15, 0.2) is 17.1 Å². The zero-order valence-electron chi connectivity index (χ0n) is 37.2. The molecule has 2 fully saturated rings. The summed E-state index contributed by atoms with van der Waals surface area (Å²) < 4.78 is 76.4. The van der Waals surface area contributed by atoms with E-state index in [4.69, 9.17) is 51.7 Å². The van der Waals surface area contributed by atoms with Crippen molar-refractivity contribution < 1.29 is 99.4 Å². The smallest absolute Gasteiger partial charge is 0.351 e. The van der Waals surface area contributed by atoms with Gasteiger partial charge in [-0.15, -0.1) is 0 Å². The number of aromatic nitrogens is 2. The topological polar surface area (TPSA) is 331 Å². The molecule has 1 aromatic rings. The third-order valence-electron chi connectivity index (χ3n) is 9.45. The Balaban J connectivity index is 2.09. The summed E-state index contributed by atoms with van der Waals surface area (Å²) in [5, 5.41) is 4.89. The number of carbonyl (C=O) groups is 9. The van der Waals surface area contributed by atoms with Crippen LogP contribution in [0.2, 0.25) is 0 Å². The highest BCUT2D eigenvalue weighted by Gasteiger charge is 2.59. The largest absolute Gasteiger partial charge is 0.467 e. The first-order valence-corrected chi connectivity index (χ1v) is 21.4. The molecule has 0 saturated carbocycles. The minimum atomic E-state index is -4.48. The van der Waals surface area contributed by atoms with Crippen molar-refractivity contribution >= 4 is 67.0 Å². The molecule has 0 bridgehead atoms. The molecule has 0 radical (unpaired) electrons. The molecule has 3 heterocycles. The standard InChI is InChI=1S/C38H53N4O22P/c1-18(43)39-29-11-13-42(37(52)41-29)35-34(62-25(8)50)32(61-24(7)49)28(63-35)17-57-65(53,55-10)14-12-38(36(51)54-9)15-26(58-21(4)46)30(40-19(2)44)33(64-38)31(60-23(6)48)27(59-22(5)47)16-56-20(3)45/h11,13,26-28,30-35H,12,14-17H2,1-10H3,(H,40,44)(H,39,41,43,52)/t26-,27+,28+,30+,31+,32+,33+,34+,35+,38-,65?/m0/s1. The van der Waals surface area contributed by atoms with Crippen molar-refractivity contribution in [2.75, 3.05) is 38.9 Å². The van der Waals surface area contributed by atoms with E-state index >= 15 is 0 Å². The fourth-order valence-electron chi connectivity index (χ4n) is 7.08. The number of nitrogens with one attached hydrogen (secondary N) is 2. The van der Waals surface area contributed by atoms with Crippen LogP contribution < -0.4 is 16.3 Å². The Morgan fingerprint density at radius 1 is 0.846 bits per heavy atom.